The van der Waals surface area contributed by atoms with Crippen LogP contribution in [0, 0.1) is 23.3 Å². The summed E-state index contributed by atoms with van der Waals surface area (Å²) in [7, 11) is 4.29. The first-order valence-electron chi connectivity index (χ1n) is 7.45. The van der Waals surface area contributed by atoms with Crippen molar-refractivity contribution in [1.29, 1.82) is 0 Å². The summed E-state index contributed by atoms with van der Waals surface area (Å²) < 4.78 is 55.3. The molecule has 0 spiro atoms. The van der Waals surface area contributed by atoms with E-state index in [2.05, 4.69) is 0 Å². The topological polar surface area (TPSA) is 40.6 Å². The lowest BCUT2D eigenvalue weighted by atomic mass is 10.0. The average molecular weight is 416 g/mol. The molecule has 2 aromatic rings. The maximum absolute atomic E-state index is 14.2. The number of rotatable bonds is 4. The van der Waals surface area contributed by atoms with Crippen LogP contribution in [0.3, 0.4) is 0 Å². The van der Waals surface area contributed by atoms with Gasteiger partial charge in [0.15, 0.2) is 29.6 Å². The van der Waals surface area contributed by atoms with Gasteiger partial charge in [-0.3, -0.25) is 9.59 Å². The number of halogens is 4. The second kappa shape index (κ2) is 6.93. The molecule has 4 nitrogen and oxygen atoms in total. The van der Waals surface area contributed by atoms with Crippen LogP contribution in [0.4, 0.5) is 17.6 Å². The number of hydrogen-bond donors (Lipinski definition) is 0. The van der Waals surface area contributed by atoms with E-state index in [1.54, 1.807) is 0 Å². The van der Waals surface area contributed by atoms with Crippen LogP contribution in [0.5, 0.6) is 0 Å². The summed E-state index contributed by atoms with van der Waals surface area (Å²) in [6.45, 7) is 0. The molecule has 10 heteroatoms. The van der Waals surface area contributed by atoms with Gasteiger partial charge in [0.2, 0.25) is 0 Å². The Labute approximate surface area is 159 Å². The molecule has 0 fully saturated rings. The highest BCUT2D eigenvalue weighted by molar-refractivity contribution is 7.11. The Balaban J connectivity index is 2.37. The van der Waals surface area contributed by atoms with Gasteiger partial charge in [-0.25, -0.2) is 17.6 Å². The van der Waals surface area contributed by atoms with Crippen LogP contribution in [0.1, 0.15) is 9.75 Å². The van der Waals surface area contributed by atoms with Crippen LogP contribution in [0.15, 0.2) is 21.9 Å². The Morgan fingerprint density at radius 1 is 1.07 bits per heavy atom. The van der Waals surface area contributed by atoms with Gasteiger partial charge in [-0.2, -0.15) is 0 Å². The second-order valence-electron chi connectivity index (χ2n) is 5.82. The summed E-state index contributed by atoms with van der Waals surface area (Å²) in [5, 5.41) is 1.86. The zero-order valence-electron chi connectivity index (χ0n) is 14.3. The van der Waals surface area contributed by atoms with Crippen molar-refractivity contribution in [3.8, 4) is 0 Å². The fourth-order valence-corrected chi connectivity index (χ4v) is 4.61. The van der Waals surface area contributed by atoms with Crippen LogP contribution in [0.25, 0.3) is 11.4 Å². The molecule has 0 saturated carbocycles. The molecule has 1 amide bonds. The smallest absolute Gasteiger partial charge is 0.261 e. The molecule has 0 aliphatic carbocycles. The van der Waals surface area contributed by atoms with Crippen LogP contribution >= 0.6 is 22.7 Å². The Hall–Kier alpha value is -2.46. The van der Waals surface area contributed by atoms with E-state index < -0.39 is 29.2 Å². The van der Waals surface area contributed by atoms with E-state index in [1.807, 2.05) is 0 Å². The number of likely N-dealkylation sites (N-methyl/N-ethyl adjacent to an activating group) is 1. The first-order chi connectivity index (χ1) is 12.7. The predicted molar refractivity (Wildman–Crippen MR) is 94.8 cm³/mol. The summed E-state index contributed by atoms with van der Waals surface area (Å²) >= 11 is 1.42. The van der Waals surface area contributed by atoms with Gasteiger partial charge in [-0.05, 0) is 0 Å². The van der Waals surface area contributed by atoms with E-state index in [1.165, 1.54) is 26.0 Å². The molecule has 1 aliphatic rings. The highest BCUT2D eigenvalue weighted by atomic mass is 32.1. The lowest BCUT2D eigenvalue weighted by Crippen LogP contribution is -2.23. The highest BCUT2D eigenvalue weighted by Gasteiger charge is 2.39. The van der Waals surface area contributed by atoms with Crippen molar-refractivity contribution in [3.63, 3.8) is 0 Å². The minimum Gasteiger partial charge on any atom is -0.376 e. The molecule has 2 aromatic heterocycles. The first kappa shape index (κ1) is 19.3. The Kier molecular flexibility index (Phi) is 4.96. The SMILES string of the molecule is CN1C(=O)/C(=C(\c2scc(F)c2F)N(C)C)C(C=O)=C1c1scc(F)c1F. The Bertz CT molecular complexity index is 1020. The third-order valence-electron chi connectivity index (χ3n) is 3.99. The Morgan fingerprint density at radius 2 is 1.67 bits per heavy atom. The number of nitrogens with zero attached hydrogens (tertiary/aromatic N) is 2. The zero-order chi connectivity index (χ0) is 20.0. The molecule has 142 valence electrons. The van der Waals surface area contributed by atoms with Crippen LogP contribution in [0.2, 0.25) is 0 Å². The molecule has 0 radical (unpaired) electrons. The second-order valence-corrected chi connectivity index (χ2v) is 7.58. The molecule has 0 bridgehead atoms. The molecule has 0 N–H and O–H groups in total. The van der Waals surface area contributed by atoms with Gasteiger partial charge in [0.25, 0.3) is 5.91 Å². The van der Waals surface area contributed by atoms with E-state index in [4.69, 9.17) is 0 Å². The zero-order valence-corrected chi connectivity index (χ0v) is 15.9. The van der Waals surface area contributed by atoms with Crippen molar-refractivity contribution >= 4 is 46.3 Å². The quantitative estimate of drug-likeness (QED) is 0.433. The Morgan fingerprint density at radius 3 is 2.11 bits per heavy atom. The normalized spacial score (nSPS) is 16.4. The monoisotopic (exact) mass is 416 g/mol. The fourth-order valence-electron chi connectivity index (χ4n) is 2.81. The van der Waals surface area contributed by atoms with Gasteiger partial charge < -0.3 is 9.80 Å². The van der Waals surface area contributed by atoms with E-state index >= 15 is 0 Å². The number of carbonyl (C=O) groups is 2. The standard InChI is InChI=1S/C17H12F4N2O2S2/c1-22(2)14(16-12(21)9(19)6-27-16)10-7(4-24)13(23(3)17(10)25)15-11(20)8(18)5-26-15/h4-6H,1-3H3/b14-10+. The molecule has 0 saturated heterocycles. The van der Waals surface area contributed by atoms with E-state index in [0.29, 0.717) is 17.6 Å². The third kappa shape index (κ3) is 2.88. The molecule has 0 unspecified atom stereocenters. The van der Waals surface area contributed by atoms with E-state index in [9.17, 15) is 27.2 Å². The van der Waals surface area contributed by atoms with Crippen molar-refractivity contribution in [2.24, 2.45) is 0 Å². The summed E-state index contributed by atoms with van der Waals surface area (Å²) in [4.78, 5) is 26.6. The van der Waals surface area contributed by atoms with Crippen LogP contribution in [-0.4, -0.2) is 43.1 Å². The number of carbonyl (C=O) groups excluding carboxylic acids is 2. The van der Waals surface area contributed by atoms with Gasteiger partial charge >= 0.3 is 0 Å². The molecular formula is C17H12F4N2O2S2. The lowest BCUT2D eigenvalue weighted by molar-refractivity contribution is -0.122. The van der Waals surface area contributed by atoms with Crippen molar-refractivity contribution in [2.45, 2.75) is 0 Å². The maximum atomic E-state index is 14.2. The largest absolute Gasteiger partial charge is 0.376 e. The summed E-state index contributed by atoms with van der Waals surface area (Å²) in [5.41, 5.74) is -0.567. The van der Waals surface area contributed by atoms with E-state index in [0.717, 1.165) is 27.0 Å². The van der Waals surface area contributed by atoms with Gasteiger partial charge in [0.1, 0.15) is 0 Å². The van der Waals surface area contributed by atoms with Gasteiger partial charge in [-0.15, -0.1) is 22.7 Å². The van der Waals surface area contributed by atoms with Crippen molar-refractivity contribution < 1.29 is 27.2 Å². The van der Waals surface area contributed by atoms with Crippen molar-refractivity contribution in [2.75, 3.05) is 21.1 Å². The third-order valence-corrected chi connectivity index (χ3v) is 5.86. The fraction of sp³-hybridized carbons (Fsp3) is 0.176. The van der Waals surface area contributed by atoms with Crippen LogP contribution < -0.4 is 0 Å². The van der Waals surface area contributed by atoms with E-state index in [-0.39, 0.29) is 32.3 Å². The minimum atomic E-state index is -1.19. The van der Waals surface area contributed by atoms with Crippen molar-refractivity contribution in [1.82, 2.24) is 9.80 Å². The number of aldehydes is 1. The van der Waals surface area contributed by atoms with Crippen LogP contribution in [-0.2, 0) is 9.59 Å². The summed E-state index contributed by atoms with van der Waals surface area (Å²) in [6.07, 6.45) is 0.328. The number of thiophene rings is 2. The van der Waals surface area contributed by atoms with Gasteiger partial charge in [0, 0.05) is 31.9 Å². The maximum Gasteiger partial charge on any atom is 0.261 e. The summed E-state index contributed by atoms with van der Waals surface area (Å²) in [5.74, 6) is -5.24. The molecule has 27 heavy (non-hydrogen) atoms. The first-order valence-corrected chi connectivity index (χ1v) is 9.21. The summed E-state index contributed by atoms with van der Waals surface area (Å²) in [6, 6.07) is 0. The molecule has 0 aromatic carbocycles. The molecular weight excluding hydrogens is 404 g/mol. The lowest BCUT2D eigenvalue weighted by Gasteiger charge is -2.19. The predicted octanol–water partition coefficient (Wildman–Crippen LogP) is 3.72. The number of hydrogen-bond acceptors (Lipinski definition) is 5. The molecule has 3 rings (SSSR count). The molecule has 3 heterocycles. The number of amides is 1. The van der Waals surface area contributed by atoms with Gasteiger partial charge in [-0.1, -0.05) is 0 Å². The minimum absolute atomic E-state index is 0.0206. The van der Waals surface area contributed by atoms with Gasteiger partial charge in [0.05, 0.1) is 32.3 Å². The highest BCUT2D eigenvalue weighted by Crippen LogP contribution is 2.42. The molecule has 1 aliphatic heterocycles. The average Bonchev–Trinajstić information content (AvgIpc) is 3.20. The molecule has 0 atom stereocenters. The van der Waals surface area contributed by atoms with Crippen molar-refractivity contribution in [3.05, 3.63) is 54.9 Å².